The van der Waals surface area contributed by atoms with E-state index in [2.05, 4.69) is 11.8 Å². The average Bonchev–Trinajstić information content (AvgIpc) is 3.41. The third-order valence-electron chi connectivity index (χ3n) is 7.76. The fourth-order valence-corrected chi connectivity index (χ4v) is 6.02. The Balaban J connectivity index is 1.25. The minimum Gasteiger partial charge on any atom is -0.348 e. The summed E-state index contributed by atoms with van der Waals surface area (Å²) in [6.07, 6.45) is 27.0. The molecule has 0 atom stereocenters. The van der Waals surface area contributed by atoms with E-state index in [0.29, 0.717) is 0 Å². The van der Waals surface area contributed by atoms with E-state index in [1.54, 1.807) is 0 Å². The fourth-order valence-electron chi connectivity index (χ4n) is 6.02. The summed E-state index contributed by atoms with van der Waals surface area (Å²) in [5.74, 6) is 0. The minimum absolute atomic E-state index is 0.635. The number of hydrogen-bond acceptors (Lipinski definition) is 3. The minimum atomic E-state index is -0.635. The predicted molar refractivity (Wildman–Crippen MR) is 130 cm³/mol. The molecule has 0 aromatic rings. The fraction of sp³-hybridized carbons (Fsp3) is 0.852. The topological polar surface area (TPSA) is 55.3 Å². The van der Waals surface area contributed by atoms with E-state index >= 15 is 0 Å². The summed E-state index contributed by atoms with van der Waals surface area (Å²) in [6, 6.07) is 0. The van der Waals surface area contributed by atoms with Gasteiger partial charge in [0.15, 0.2) is 0 Å². The summed E-state index contributed by atoms with van der Waals surface area (Å²) in [6.45, 7) is 3.48. The Hall–Kier alpha value is -0.800. The van der Waals surface area contributed by atoms with E-state index in [1.807, 2.05) is 0 Å². The Kier molecular flexibility index (Phi) is 9.77. The quantitative estimate of drug-likeness (QED) is 0.218. The monoisotopic (exact) mass is 415 g/mol. The molecule has 3 heteroatoms. The van der Waals surface area contributed by atoms with E-state index in [0.717, 1.165) is 12.8 Å². The molecule has 0 fully saturated rings. The Morgan fingerprint density at radius 3 is 1.43 bits per heavy atom. The van der Waals surface area contributed by atoms with Crippen LogP contribution in [0.25, 0.3) is 0 Å². The van der Waals surface area contributed by atoms with Crippen molar-refractivity contribution in [1.29, 1.82) is 0 Å². The molecule has 30 heavy (non-hydrogen) atoms. The van der Waals surface area contributed by atoms with Crippen LogP contribution in [0.4, 0.5) is 0 Å². The highest BCUT2D eigenvalue weighted by Gasteiger charge is 2.43. The van der Waals surface area contributed by atoms with Gasteiger partial charge in [-0.1, -0.05) is 90.4 Å². The van der Waals surface area contributed by atoms with Crippen LogP contribution in [0.15, 0.2) is 22.5 Å². The first-order valence-electron chi connectivity index (χ1n) is 13.5. The van der Waals surface area contributed by atoms with Gasteiger partial charge in [0.25, 0.3) is 0 Å². The average molecular weight is 416 g/mol. The molecule has 0 unspecified atom stereocenters. The van der Waals surface area contributed by atoms with Gasteiger partial charge in [0, 0.05) is 17.9 Å². The lowest BCUT2D eigenvalue weighted by atomic mass is 9.86. The van der Waals surface area contributed by atoms with Gasteiger partial charge in [-0.3, -0.25) is 0 Å². The highest BCUT2D eigenvalue weighted by atomic mass is 15.2. The van der Waals surface area contributed by atoms with Gasteiger partial charge in [-0.15, -0.1) is 0 Å². The summed E-state index contributed by atoms with van der Waals surface area (Å²) >= 11 is 0. The molecule has 0 bridgehead atoms. The van der Waals surface area contributed by atoms with Crippen LogP contribution in [-0.4, -0.2) is 17.1 Å². The van der Waals surface area contributed by atoms with Gasteiger partial charge in [-0.25, -0.2) is 0 Å². The van der Waals surface area contributed by atoms with Gasteiger partial charge < -0.3 is 16.4 Å². The highest BCUT2D eigenvalue weighted by Crippen LogP contribution is 2.47. The van der Waals surface area contributed by atoms with Crippen LogP contribution in [0.2, 0.25) is 0 Å². The lowest BCUT2D eigenvalue weighted by Gasteiger charge is -2.41. The second-order valence-electron chi connectivity index (χ2n) is 10.2. The lowest BCUT2D eigenvalue weighted by Crippen LogP contribution is -2.55. The zero-order valence-corrected chi connectivity index (χ0v) is 20.0. The Morgan fingerprint density at radius 1 is 0.600 bits per heavy atom. The number of rotatable bonds is 15. The number of hydrogen-bond donors (Lipinski definition) is 2. The second kappa shape index (κ2) is 12.3. The van der Waals surface area contributed by atoms with E-state index in [1.165, 1.54) is 145 Å². The molecule has 172 valence electrons. The molecule has 3 rings (SSSR count). The van der Waals surface area contributed by atoms with Crippen molar-refractivity contribution >= 4 is 0 Å². The van der Waals surface area contributed by atoms with Crippen molar-refractivity contribution in [1.82, 2.24) is 4.90 Å². The number of nitrogens with zero attached hydrogens (tertiary/aromatic N) is 1. The standard InChI is InChI=1S/C27H49N3/c1-2-3-4-5-6-7-8-9-10-11-12-13-14-15-22-30-25-20-16-18-23(25)27(28,29)24-19-17-21-26(24)30/h2-22,28-29H2,1H3. The van der Waals surface area contributed by atoms with Gasteiger partial charge in [-0.05, 0) is 56.1 Å². The lowest BCUT2D eigenvalue weighted by molar-refractivity contribution is 0.359. The number of unbranched alkanes of at least 4 members (excludes halogenated alkanes) is 13. The van der Waals surface area contributed by atoms with Crippen LogP contribution in [-0.2, 0) is 0 Å². The third-order valence-corrected chi connectivity index (χ3v) is 7.76. The summed E-state index contributed by atoms with van der Waals surface area (Å²) in [4.78, 5) is 2.66. The molecule has 1 aliphatic heterocycles. The molecule has 2 aliphatic carbocycles. The van der Waals surface area contributed by atoms with Crippen molar-refractivity contribution in [3.05, 3.63) is 22.5 Å². The van der Waals surface area contributed by atoms with Crippen LogP contribution in [0.5, 0.6) is 0 Å². The van der Waals surface area contributed by atoms with Gasteiger partial charge in [0.05, 0.1) is 0 Å². The van der Waals surface area contributed by atoms with E-state index in [-0.39, 0.29) is 0 Å². The Morgan fingerprint density at radius 2 is 1.00 bits per heavy atom. The first-order valence-corrected chi connectivity index (χ1v) is 13.5. The Bertz CT molecular complexity index is 553. The first kappa shape index (κ1) is 23.9. The molecule has 1 heterocycles. The van der Waals surface area contributed by atoms with Crippen LogP contribution in [0, 0.1) is 0 Å². The van der Waals surface area contributed by atoms with Crippen molar-refractivity contribution in [3.63, 3.8) is 0 Å². The maximum absolute atomic E-state index is 6.63. The highest BCUT2D eigenvalue weighted by molar-refractivity contribution is 5.47. The number of nitrogens with two attached hydrogens (primary N) is 2. The van der Waals surface area contributed by atoms with Crippen LogP contribution in [0.3, 0.4) is 0 Å². The first-order chi connectivity index (χ1) is 14.7. The number of allylic oxidation sites excluding steroid dienone is 2. The molecule has 3 nitrogen and oxygen atoms in total. The zero-order valence-electron chi connectivity index (χ0n) is 20.0. The zero-order chi connectivity index (χ0) is 21.2. The van der Waals surface area contributed by atoms with Crippen molar-refractivity contribution in [3.8, 4) is 0 Å². The van der Waals surface area contributed by atoms with Crippen molar-refractivity contribution in [2.45, 2.75) is 141 Å². The largest absolute Gasteiger partial charge is 0.348 e. The molecule has 0 saturated heterocycles. The molecular formula is C27H49N3. The van der Waals surface area contributed by atoms with E-state index < -0.39 is 5.66 Å². The van der Waals surface area contributed by atoms with Gasteiger partial charge in [0.1, 0.15) is 5.66 Å². The molecule has 3 aliphatic rings. The molecule has 0 aromatic carbocycles. The van der Waals surface area contributed by atoms with Crippen LogP contribution < -0.4 is 11.5 Å². The van der Waals surface area contributed by atoms with Crippen molar-refractivity contribution < 1.29 is 0 Å². The third kappa shape index (κ3) is 6.13. The van der Waals surface area contributed by atoms with Gasteiger partial charge in [0.2, 0.25) is 0 Å². The van der Waals surface area contributed by atoms with Gasteiger partial charge >= 0.3 is 0 Å². The SMILES string of the molecule is CCCCCCCCCCCCCCCCN1C2=C(CCC2)C(N)(N)C2=C1CCC2. The Labute approximate surface area is 186 Å². The van der Waals surface area contributed by atoms with E-state index in [9.17, 15) is 0 Å². The smallest absolute Gasteiger partial charge is 0.112 e. The molecule has 0 amide bonds. The molecule has 0 aromatic heterocycles. The van der Waals surface area contributed by atoms with Crippen molar-refractivity contribution in [2.24, 2.45) is 11.5 Å². The second-order valence-corrected chi connectivity index (χ2v) is 10.2. The molecule has 0 spiro atoms. The van der Waals surface area contributed by atoms with Crippen LogP contribution in [0.1, 0.15) is 135 Å². The van der Waals surface area contributed by atoms with E-state index in [4.69, 9.17) is 11.5 Å². The maximum Gasteiger partial charge on any atom is 0.112 e. The molecule has 0 radical (unpaired) electrons. The molecule has 0 saturated carbocycles. The summed E-state index contributed by atoms with van der Waals surface area (Å²) in [5.41, 5.74) is 18.3. The van der Waals surface area contributed by atoms with Gasteiger partial charge in [-0.2, -0.15) is 0 Å². The molecule has 4 N–H and O–H groups in total. The molecular weight excluding hydrogens is 366 g/mol. The van der Waals surface area contributed by atoms with Crippen LogP contribution >= 0.6 is 0 Å². The summed E-state index contributed by atoms with van der Waals surface area (Å²) in [5, 5.41) is 0. The summed E-state index contributed by atoms with van der Waals surface area (Å²) in [7, 11) is 0. The van der Waals surface area contributed by atoms with Crippen molar-refractivity contribution in [2.75, 3.05) is 6.54 Å². The predicted octanol–water partition coefficient (Wildman–Crippen LogP) is 7.27. The normalized spacial score (nSPS) is 20.3. The maximum atomic E-state index is 6.63. The summed E-state index contributed by atoms with van der Waals surface area (Å²) < 4.78 is 0.